The highest BCUT2D eigenvalue weighted by molar-refractivity contribution is 5.99. The van der Waals surface area contributed by atoms with Crippen LogP contribution in [-0.4, -0.2) is 37.4 Å². The van der Waals surface area contributed by atoms with E-state index in [2.05, 4.69) is 34.4 Å². The number of pyridine rings is 1. The summed E-state index contributed by atoms with van der Waals surface area (Å²) in [5.41, 5.74) is 5.32. The van der Waals surface area contributed by atoms with Gasteiger partial charge in [-0.3, -0.25) is 10.4 Å². The lowest BCUT2D eigenvalue weighted by Crippen LogP contribution is -2.20. The largest absolute Gasteiger partial charge is 0.494 e. The van der Waals surface area contributed by atoms with Gasteiger partial charge in [-0.05, 0) is 73.0 Å². The Balaban J connectivity index is 1.78. The number of aromatic nitrogens is 1. The minimum absolute atomic E-state index is 0.430. The molecule has 0 saturated carbocycles. The third-order valence-corrected chi connectivity index (χ3v) is 4.44. The zero-order valence-electron chi connectivity index (χ0n) is 19.5. The van der Waals surface area contributed by atoms with Crippen LogP contribution < -0.4 is 19.6 Å². The van der Waals surface area contributed by atoms with Crippen LogP contribution in [-0.2, 0) is 0 Å². The molecule has 33 heavy (non-hydrogen) atoms. The van der Waals surface area contributed by atoms with Crippen molar-refractivity contribution in [1.82, 2.24) is 10.4 Å². The monoisotopic (exact) mass is 446 g/mol. The van der Waals surface area contributed by atoms with Crippen molar-refractivity contribution in [1.29, 1.82) is 0 Å². The SMILES string of the molecule is CCOc1ccc(N=C(N/N=C/c2ccc(OCC(C)C)c(OC)c2)c2ccccn2)cc1. The fourth-order valence-electron chi connectivity index (χ4n) is 2.86. The number of rotatable bonds is 10. The Morgan fingerprint density at radius 3 is 2.52 bits per heavy atom. The Morgan fingerprint density at radius 1 is 1.03 bits per heavy atom. The van der Waals surface area contributed by atoms with Crippen LogP contribution in [0.2, 0.25) is 0 Å². The molecular formula is C26H30N4O3. The fourth-order valence-corrected chi connectivity index (χ4v) is 2.86. The van der Waals surface area contributed by atoms with E-state index in [0.717, 1.165) is 17.0 Å². The molecule has 0 spiro atoms. The Bertz CT molecular complexity index is 1060. The molecule has 0 aliphatic carbocycles. The number of benzene rings is 2. The third-order valence-electron chi connectivity index (χ3n) is 4.44. The number of methoxy groups -OCH3 is 1. The maximum Gasteiger partial charge on any atom is 0.172 e. The lowest BCUT2D eigenvalue weighted by Gasteiger charge is -2.12. The van der Waals surface area contributed by atoms with Crippen molar-refractivity contribution in [2.24, 2.45) is 16.0 Å². The fraction of sp³-hybridized carbons (Fsp3) is 0.269. The molecule has 0 unspecified atom stereocenters. The molecule has 0 radical (unpaired) electrons. The first-order valence-corrected chi connectivity index (χ1v) is 10.9. The summed E-state index contributed by atoms with van der Waals surface area (Å²) in [7, 11) is 1.62. The summed E-state index contributed by atoms with van der Waals surface area (Å²) in [5, 5.41) is 4.37. The Labute approximate surface area is 195 Å². The number of ether oxygens (including phenoxy) is 3. The van der Waals surface area contributed by atoms with Crippen molar-refractivity contribution in [3.63, 3.8) is 0 Å². The summed E-state index contributed by atoms with van der Waals surface area (Å²) in [5.74, 6) is 3.13. The minimum atomic E-state index is 0.430. The first kappa shape index (κ1) is 23.8. The van der Waals surface area contributed by atoms with E-state index >= 15 is 0 Å². The molecular weight excluding hydrogens is 416 g/mol. The number of hydrazone groups is 1. The summed E-state index contributed by atoms with van der Waals surface area (Å²) < 4.78 is 16.8. The summed E-state index contributed by atoms with van der Waals surface area (Å²) in [6.07, 6.45) is 3.42. The van der Waals surface area contributed by atoms with Gasteiger partial charge in [0.05, 0.1) is 32.2 Å². The van der Waals surface area contributed by atoms with Crippen molar-refractivity contribution in [3.05, 3.63) is 78.1 Å². The Morgan fingerprint density at radius 2 is 1.85 bits per heavy atom. The lowest BCUT2D eigenvalue weighted by molar-refractivity contribution is 0.257. The lowest BCUT2D eigenvalue weighted by atomic mass is 10.2. The second kappa shape index (κ2) is 12.2. The van der Waals surface area contributed by atoms with Gasteiger partial charge in [0, 0.05) is 6.20 Å². The quantitative estimate of drug-likeness (QED) is 0.262. The number of amidine groups is 1. The van der Waals surface area contributed by atoms with Crippen molar-refractivity contribution in [3.8, 4) is 17.2 Å². The minimum Gasteiger partial charge on any atom is -0.494 e. The molecule has 7 nitrogen and oxygen atoms in total. The second-order valence-corrected chi connectivity index (χ2v) is 7.59. The summed E-state index contributed by atoms with van der Waals surface area (Å²) in [6.45, 7) is 7.41. The maximum absolute atomic E-state index is 5.81. The van der Waals surface area contributed by atoms with E-state index in [4.69, 9.17) is 14.2 Å². The van der Waals surface area contributed by atoms with Crippen LogP contribution >= 0.6 is 0 Å². The first-order chi connectivity index (χ1) is 16.1. The van der Waals surface area contributed by atoms with Crippen LogP contribution in [0.5, 0.6) is 17.2 Å². The van der Waals surface area contributed by atoms with Crippen LogP contribution in [0.15, 0.2) is 77.0 Å². The highest BCUT2D eigenvalue weighted by atomic mass is 16.5. The Kier molecular flexibility index (Phi) is 8.82. The molecule has 0 fully saturated rings. The highest BCUT2D eigenvalue weighted by Crippen LogP contribution is 2.28. The van der Waals surface area contributed by atoms with E-state index in [0.29, 0.717) is 42.2 Å². The summed E-state index contributed by atoms with van der Waals surface area (Å²) >= 11 is 0. The van der Waals surface area contributed by atoms with Crippen LogP contribution in [0.3, 0.4) is 0 Å². The molecule has 1 aromatic heterocycles. The van der Waals surface area contributed by atoms with Gasteiger partial charge in [-0.25, -0.2) is 4.99 Å². The van der Waals surface area contributed by atoms with Crippen molar-refractivity contribution in [2.45, 2.75) is 20.8 Å². The van der Waals surface area contributed by atoms with E-state index in [9.17, 15) is 0 Å². The van der Waals surface area contributed by atoms with Crippen LogP contribution in [0.25, 0.3) is 0 Å². The van der Waals surface area contributed by atoms with Gasteiger partial charge in [0.25, 0.3) is 0 Å². The molecule has 1 heterocycles. The van der Waals surface area contributed by atoms with Crippen LogP contribution in [0.4, 0.5) is 5.69 Å². The zero-order chi connectivity index (χ0) is 23.5. The molecule has 0 aliphatic rings. The molecule has 172 valence electrons. The zero-order valence-corrected chi connectivity index (χ0v) is 19.5. The van der Waals surface area contributed by atoms with Crippen LogP contribution in [0.1, 0.15) is 32.0 Å². The van der Waals surface area contributed by atoms with E-state index in [1.165, 1.54) is 0 Å². The predicted molar refractivity (Wildman–Crippen MR) is 132 cm³/mol. The van der Waals surface area contributed by atoms with Gasteiger partial charge >= 0.3 is 0 Å². The number of nitrogens with one attached hydrogen (secondary N) is 1. The predicted octanol–water partition coefficient (Wildman–Crippen LogP) is 5.23. The molecule has 0 atom stereocenters. The smallest absolute Gasteiger partial charge is 0.172 e. The van der Waals surface area contributed by atoms with Crippen molar-refractivity contribution < 1.29 is 14.2 Å². The molecule has 3 rings (SSSR count). The molecule has 0 bridgehead atoms. The molecule has 1 N–H and O–H groups in total. The molecule has 0 aliphatic heterocycles. The molecule has 2 aromatic carbocycles. The normalized spacial score (nSPS) is 11.6. The highest BCUT2D eigenvalue weighted by Gasteiger charge is 2.07. The van der Waals surface area contributed by atoms with E-state index in [-0.39, 0.29) is 0 Å². The van der Waals surface area contributed by atoms with Crippen molar-refractivity contribution >= 4 is 17.7 Å². The first-order valence-electron chi connectivity index (χ1n) is 10.9. The standard InChI is InChI=1S/C26H30N4O3/c1-5-32-22-12-10-21(11-13-22)29-26(23-8-6-7-15-27-23)30-28-17-20-9-14-24(25(16-20)31-4)33-18-19(2)3/h6-17,19H,5,18H2,1-4H3,(H,29,30)/b28-17+. The Hall–Kier alpha value is -3.87. The average Bonchev–Trinajstić information content (AvgIpc) is 2.84. The van der Waals surface area contributed by atoms with E-state index in [1.54, 1.807) is 19.5 Å². The van der Waals surface area contributed by atoms with Crippen LogP contribution in [0, 0.1) is 5.92 Å². The van der Waals surface area contributed by atoms with Gasteiger partial charge in [-0.2, -0.15) is 5.10 Å². The third kappa shape index (κ3) is 7.35. The molecule has 0 amide bonds. The van der Waals surface area contributed by atoms with Gasteiger partial charge < -0.3 is 14.2 Å². The second-order valence-electron chi connectivity index (χ2n) is 7.59. The van der Waals surface area contributed by atoms with Gasteiger partial charge in [-0.15, -0.1) is 0 Å². The molecule has 7 heteroatoms. The maximum atomic E-state index is 5.81. The molecule has 0 saturated heterocycles. The summed E-state index contributed by atoms with van der Waals surface area (Å²) in [4.78, 5) is 9.07. The average molecular weight is 447 g/mol. The molecule has 3 aromatic rings. The van der Waals surface area contributed by atoms with Crippen molar-refractivity contribution in [2.75, 3.05) is 20.3 Å². The van der Waals surface area contributed by atoms with Gasteiger partial charge in [-0.1, -0.05) is 19.9 Å². The van der Waals surface area contributed by atoms with Gasteiger partial charge in [0.2, 0.25) is 0 Å². The number of nitrogens with zero attached hydrogens (tertiary/aromatic N) is 3. The number of hydrogen-bond donors (Lipinski definition) is 1. The number of aliphatic imine (C=N–C) groups is 1. The van der Waals surface area contributed by atoms with E-state index in [1.807, 2.05) is 67.6 Å². The summed E-state index contributed by atoms with van der Waals surface area (Å²) in [6, 6.07) is 18.9. The topological polar surface area (TPSA) is 77.3 Å². The number of hydrogen-bond acceptors (Lipinski definition) is 6. The van der Waals surface area contributed by atoms with Gasteiger partial charge in [0.15, 0.2) is 17.3 Å². The van der Waals surface area contributed by atoms with E-state index < -0.39 is 0 Å². The van der Waals surface area contributed by atoms with Gasteiger partial charge in [0.1, 0.15) is 11.4 Å².